The van der Waals surface area contributed by atoms with Crippen LogP contribution in [0.2, 0.25) is 0 Å². The molecule has 0 aliphatic carbocycles. The maximum Gasteiger partial charge on any atom is 0.257 e. The molecule has 1 aromatic carbocycles. The molecular weight excluding hydrogens is 240 g/mol. The second-order valence-corrected chi connectivity index (χ2v) is 5.28. The maximum atomic E-state index is 12.6. The van der Waals surface area contributed by atoms with Crippen molar-refractivity contribution >= 4 is 16.9 Å². The lowest BCUT2D eigenvalue weighted by Gasteiger charge is -2.36. The van der Waals surface area contributed by atoms with Gasteiger partial charge in [0.1, 0.15) is 11.8 Å². The molecule has 2 heterocycles. The molecule has 2 unspecified atom stereocenters. The Kier molecular flexibility index (Phi) is 3.03. The molecule has 4 heteroatoms. The molecule has 0 bridgehead atoms. The van der Waals surface area contributed by atoms with Crippen LogP contribution in [0.5, 0.6) is 0 Å². The van der Waals surface area contributed by atoms with Gasteiger partial charge in [0.15, 0.2) is 0 Å². The molecule has 19 heavy (non-hydrogen) atoms. The van der Waals surface area contributed by atoms with E-state index in [1.165, 1.54) is 0 Å². The third-order valence-electron chi connectivity index (χ3n) is 3.89. The van der Waals surface area contributed by atoms with Crippen molar-refractivity contribution in [3.8, 4) is 0 Å². The predicted octanol–water partition coefficient (Wildman–Crippen LogP) is 2.38. The van der Waals surface area contributed by atoms with Crippen LogP contribution in [-0.2, 0) is 0 Å². The molecule has 2 aromatic rings. The zero-order chi connectivity index (χ0) is 13.4. The summed E-state index contributed by atoms with van der Waals surface area (Å²) >= 11 is 0. The first kappa shape index (κ1) is 12.2. The molecule has 1 aliphatic rings. The van der Waals surface area contributed by atoms with Gasteiger partial charge in [-0.15, -0.1) is 0 Å². The summed E-state index contributed by atoms with van der Waals surface area (Å²) in [5, 5.41) is 0.884. The van der Waals surface area contributed by atoms with Gasteiger partial charge in [-0.2, -0.15) is 0 Å². The minimum Gasteiger partial charge on any atom is -0.463 e. The minimum atomic E-state index is 0.0457. The summed E-state index contributed by atoms with van der Waals surface area (Å²) in [5.74, 6) is 0.0457. The number of benzene rings is 1. The standard InChI is InChI=1S/C15H18N2O2/c1-10-8-11(16)6-7-17(10)15(18)13-9-19-14-5-3-2-4-12(13)14/h2-5,9-11H,6-8,16H2,1H3. The summed E-state index contributed by atoms with van der Waals surface area (Å²) in [6.45, 7) is 2.78. The molecule has 2 N–H and O–H groups in total. The highest BCUT2D eigenvalue weighted by Gasteiger charge is 2.29. The van der Waals surface area contributed by atoms with E-state index in [0.717, 1.165) is 30.4 Å². The van der Waals surface area contributed by atoms with Crippen LogP contribution >= 0.6 is 0 Å². The van der Waals surface area contributed by atoms with Crippen LogP contribution < -0.4 is 5.73 Å². The number of likely N-dealkylation sites (tertiary alicyclic amines) is 1. The molecular formula is C15H18N2O2. The van der Waals surface area contributed by atoms with Crippen molar-refractivity contribution in [1.29, 1.82) is 0 Å². The molecule has 100 valence electrons. The highest BCUT2D eigenvalue weighted by atomic mass is 16.3. The number of nitrogens with zero attached hydrogens (tertiary/aromatic N) is 1. The Labute approximate surface area is 112 Å². The van der Waals surface area contributed by atoms with Crippen molar-refractivity contribution in [2.75, 3.05) is 6.54 Å². The van der Waals surface area contributed by atoms with Gasteiger partial charge in [0.25, 0.3) is 5.91 Å². The quantitative estimate of drug-likeness (QED) is 0.854. The highest BCUT2D eigenvalue weighted by molar-refractivity contribution is 6.06. The Balaban J connectivity index is 1.91. The second-order valence-electron chi connectivity index (χ2n) is 5.28. The van der Waals surface area contributed by atoms with Crippen molar-refractivity contribution in [3.63, 3.8) is 0 Å². The molecule has 1 amide bonds. The first-order valence-electron chi connectivity index (χ1n) is 6.69. The van der Waals surface area contributed by atoms with Gasteiger partial charge in [0.2, 0.25) is 0 Å². The predicted molar refractivity (Wildman–Crippen MR) is 73.9 cm³/mol. The number of piperidine rings is 1. The Morgan fingerprint density at radius 1 is 1.42 bits per heavy atom. The molecule has 1 aliphatic heterocycles. The number of amides is 1. The summed E-state index contributed by atoms with van der Waals surface area (Å²) in [6, 6.07) is 8.02. The summed E-state index contributed by atoms with van der Waals surface area (Å²) in [7, 11) is 0. The van der Waals surface area contributed by atoms with Crippen LogP contribution in [0.15, 0.2) is 34.9 Å². The normalized spacial score (nSPS) is 23.8. The minimum absolute atomic E-state index is 0.0457. The third kappa shape index (κ3) is 2.12. The number of rotatable bonds is 1. The highest BCUT2D eigenvalue weighted by Crippen LogP contribution is 2.25. The number of hydrogen-bond acceptors (Lipinski definition) is 3. The van der Waals surface area contributed by atoms with E-state index in [9.17, 15) is 4.79 Å². The number of fused-ring (bicyclic) bond motifs is 1. The first-order chi connectivity index (χ1) is 9.16. The lowest BCUT2D eigenvalue weighted by molar-refractivity contribution is 0.0620. The number of carbonyl (C=O) groups excluding carboxylic acids is 1. The van der Waals surface area contributed by atoms with Crippen LogP contribution in [0.4, 0.5) is 0 Å². The van der Waals surface area contributed by atoms with Gasteiger partial charge >= 0.3 is 0 Å². The zero-order valence-corrected chi connectivity index (χ0v) is 11.0. The average Bonchev–Trinajstić information content (AvgIpc) is 2.82. The Morgan fingerprint density at radius 2 is 2.21 bits per heavy atom. The van der Waals surface area contributed by atoms with Gasteiger partial charge in [-0.25, -0.2) is 0 Å². The number of carbonyl (C=O) groups is 1. The molecule has 2 atom stereocenters. The van der Waals surface area contributed by atoms with Crippen molar-refractivity contribution < 1.29 is 9.21 Å². The fourth-order valence-corrected chi connectivity index (χ4v) is 2.81. The molecule has 0 saturated carbocycles. The Hall–Kier alpha value is -1.81. The summed E-state index contributed by atoms with van der Waals surface area (Å²) in [6.07, 6.45) is 3.29. The molecule has 1 fully saturated rings. The number of furan rings is 1. The van der Waals surface area contributed by atoms with E-state index in [1.54, 1.807) is 6.26 Å². The second kappa shape index (κ2) is 4.70. The average molecular weight is 258 g/mol. The van der Waals surface area contributed by atoms with E-state index in [0.29, 0.717) is 5.56 Å². The lowest BCUT2D eigenvalue weighted by Crippen LogP contribution is -2.48. The van der Waals surface area contributed by atoms with E-state index in [-0.39, 0.29) is 18.0 Å². The third-order valence-corrected chi connectivity index (χ3v) is 3.89. The summed E-state index contributed by atoms with van der Waals surface area (Å²) in [5.41, 5.74) is 7.35. The van der Waals surface area contributed by atoms with Crippen LogP contribution in [-0.4, -0.2) is 29.4 Å². The number of hydrogen-bond donors (Lipinski definition) is 1. The van der Waals surface area contributed by atoms with E-state index < -0.39 is 0 Å². The lowest BCUT2D eigenvalue weighted by atomic mass is 9.98. The zero-order valence-electron chi connectivity index (χ0n) is 11.0. The molecule has 4 nitrogen and oxygen atoms in total. The van der Waals surface area contributed by atoms with Crippen molar-refractivity contribution in [3.05, 3.63) is 36.1 Å². The van der Waals surface area contributed by atoms with Crippen LogP contribution in [0.1, 0.15) is 30.1 Å². The Bertz CT molecular complexity index is 605. The van der Waals surface area contributed by atoms with Gasteiger partial charge in [0.05, 0.1) is 5.56 Å². The van der Waals surface area contributed by atoms with Gasteiger partial charge in [-0.05, 0) is 25.8 Å². The SMILES string of the molecule is CC1CC(N)CCN1C(=O)c1coc2ccccc12. The summed E-state index contributed by atoms with van der Waals surface area (Å²) < 4.78 is 5.45. The van der Waals surface area contributed by atoms with Crippen LogP contribution in [0, 0.1) is 0 Å². The van der Waals surface area contributed by atoms with Crippen molar-refractivity contribution in [2.24, 2.45) is 5.73 Å². The van der Waals surface area contributed by atoms with Crippen LogP contribution in [0.25, 0.3) is 11.0 Å². The van der Waals surface area contributed by atoms with Gasteiger partial charge in [-0.1, -0.05) is 18.2 Å². The Morgan fingerprint density at radius 3 is 3.00 bits per heavy atom. The van der Waals surface area contributed by atoms with Gasteiger partial charge in [-0.3, -0.25) is 4.79 Å². The largest absolute Gasteiger partial charge is 0.463 e. The molecule has 1 aromatic heterocycles. The fourth-order valence-electron chi connectivity index (χ4n) is 2.81. The first-order valence-corrected chi connectivity index (χ1v) is 6.69. The molecule has 1 saturated heterocycles. The van der Waals surface area contributed by atoms with E-state index in [1.807, 2.05) is 29.2 Å². The molecule has 0 radical (unpaired) electrons. The van der Waals surface area contributed by atoms with Gasteiger partial charge < -0.3 is 15.1 Å². The van der Waals surface area contributed by atoms with Gasteiger partial charge in [0, 0.05) is 24.0 Å². The molecule has 0 spiro atoms. The summed E-state index contributed by atoms with van der Waals surface area (Å²) in [4.78, 5) is 14.5. The van der Waals surface area contributed by atoms with E-state index >= 15 is 0 Å². The monoisotopic (exact) mass is 258 g/mol. The van der Waals surface area contributed by atoms with Crippen molar-refractivity contribution in [2.45, 2.75) is 31.8 Å². The number of para-hydroxylation sites is 1. The van der Waals surface area contributed by atoms with E-state index in [2.05, 4.69) is 6.92 Å². The maximum absolute atomic E-state index is 12.6. The number of nitrogens with two attached hydrogens (primary N) is 1. The smallest absolute Gasteiger partial charge is 0.257 e. The van der Waals surface area contributed by atoms with Crippen LogP contribution in [0.3, 0.4) is 0 Å². The van der Waals surface area contributed by atoms with Crippen molar-refractivity contribution in [1.82, 2.24) is 4.90 Å². The topological polar surface area (TPSA) is 59.5 Å². The fraction of sp³-hybridized carbons (Fsp3) is 0.400. The van der Waals surface area contributed by atoms with E-state index in [4.69, 9.17) is 10.2 Å². The molecule has 3 rings (SSSR count).